The highest BCUT2D eigenvalue weighted by Gasteiger charge is 2.17. The first-order valence-electron chi connectivity index (χ1n) is 9.32. The number of rotatable bonds is 6. The van der Waals surface area contributed by atoms with Crippen LogP contribution in [0, 0.1) is 22.9 Å². The van der Waals surface area contributed by atoms with E-state index in [-0.39, 0.29) is 29.3 Å². The van der Waals surface area contributed by atoms with E-state index in [0.717, 1.165) is 29.4 Å². The average Bonchev–Trinajstić information content (AvgIpc) is 3.18. The van der Waals surface area contributed by atoms with Crippen LogP contribution in [0.4, 0.5) is 15.8 Å². The van der Waals surface area contributed by atoms with Crippen molar-refractivity contribution < 1.29 is 18.8 Å². The molecular weight excluding hydrogens is 403 g/mol. The number of pyridine rings is 1. The minimum atomic E-state index is -0.780. The lowest BCUT2D eigenvalue weighted by Gasteiger charge is -2.11. The van der Waals surface area contributed by atoms with Crippen LogP contribution in [-0.4, -0.2) is 20.2 Å². The number of non-ortho nitro benzene ring substituents is 1. The molecule has 0 aliphatic heterocycles. The lowest BCUT2D eigenvalue weighted by molar-refractivity contribution is -0.384. The Morgan fingerprint density at radius 3 is 2.81 bits per heavy atom. The number of fused-ring (bicyclic) bond motifs is 1. The fraction of sp³-hybridized carbons (Fsp3) is 0.0909. The van der Waals surface area contributed by atoms with E-state index in [2.05, 4.69) is 10.3 Å². The minimum Gasteiger partial charge on any atom is -0.486 e. The second-order valence-electron chi connectivity index (χ2n) is 6.81. The molecule has 2 heterocycles. The van der Waals surface area contributed by atoms with Gasteiger partial charge >= 0.3 is 0 Å². The van der Waals surface area contributed by atoms with E-state index in [1.54, 1.807) is 18.2 Å². The molecular formula is C22H17FN4O4. The van der Waals surface area contributed by atoms with Gasteiger partial charge in [-0.15, -0.1) is 0 Å². The first kappa shape index (κ1) is 20.0. The lowest BCUT2D eigenvalue weighted by atomic mass is 10.1. The fourth-order valence-corrected chi connectivity index (χ4v) is 3.12. The molecule has 0 saturated heterocycles. The van der Waals surface area contributed by atoms with Crippen LogP contribution in [0.5, 0.6) is 5.75 Å². The molecule has 0 bridgehead atoms. The third-order valence-corrected chi connectivity index (χ3v) is 4.64. The summed E-state index contributed by atoms with van der Waals surface area (Å²) < 4.78 is 21.7. The third kappa shape index (κ3) is 4.20. The number of imidazole rings is 1. The Bertz CT molecular complexity index is 1300. The maximum absolute atomic E-state index is 14.0. The highest BCUT2D eigenvalue weighted by atomic mass is 19.1. The summed E-state index contributed by atoms with van der Waals surface area (Å²) in [5.41, 5.74) is 2.05. The second kappa shape index (κ2) is 8.23. The number of hydrogen-bond acceptors (Lipinski definition) is 5. The number of aromatic nitrogens is 2. The Balaban J connectivity index is 1.54. The summed E-state index contributed by atoms with van der Waals surface area (Å²) in [5, 5.41) is 13.3. The highest BCUT2D eigenvalue weighted by Crippen LogP contribution is 2.25. The Labute approximate surface area is 176 Å². The normalized spacial score (nSPS) is 10.8. The SMILES string of the molecule is Cc1cccn2cc(COc3ccccc3C(=O)Nc3cc([N+](=O)[O-])ccc3F)nc12. The number of amides is 1. The van der Waals surface area contributed by atoms with Crippen molar-refractivity contribution in [1.29, 1.82) is 0 Å². The van der Waals surface area contributed by atoms with Gasteiger partial charge in [-0.25, -0.2) is 9.37 Å². The number of carbonyl (C=O) groups excluding carboxylic acids is 1. The van der Waals surface area contributed by atoms with Crippen molar-refractivity contribution in [2.24, 2.45) is 0 Å². The Kier molecular flexibility index (Phi) is 5.31. The molecule has 4 aromatic rings. The highest BCUT2D eigenvalue weighted by molar-refractivity contribution is 6.06. The summed E-state index contributed by atoms with van der Waals surface area (Å²) in [6.45, 7) is 2.08. The molecule has 0 radical (unpaired) electrons. The third-order valence-electron chi connectivity index (χ3n) is 4.64. The minimum absolute atomic E-state index is 0.122. The van der Waals surface area contributed by atoms with Gasteiger partial charge in [0.25, 0.3) is 11.6 Å². The number of nitro groups is 1. The van der Waals surface area contributed by atoms with Crippen molar-refractivity contribution >= 4 is 22.9 Å². The van der Waals surface area contributed by atoms with Gasteiger partial charge in [0, 0.05) is 24.5 Å². The molecule has 0 unspecified atom stereocenters. The van der Waals surface area contributed by atoms with Gasteiger partial charge in [0.2, 0.25) is 0 Å². The number of para-hydroxylation sites is 1. The average molecular weight is 420 g/mol. The molecule has 0 atom stereocenters. The molecule has 31 heavy (non-hydrogen) atoms. The van der Waals surface area contributed by atoms with Gasteiger partial charge in [0.15, 0.2) is 0 Å². The van der Waals surface area contributed by atoms with E-state index in [0.29, 0.717) is 5.69 Å². The van der Waals surface area contributed by atoms with Crippen molar-refractivity contribution in [1.82, 2.24) is 9.38 Å². The number of nitrogens with one attached hydrogen (secondary N) is 1. The zero-order valence-corrected chi connectivity index (χ0v) is 16.4. The number of nitro benzene ring substituents is 1. The molecule has 0 saturated carbocycles. The fourth-order valence-electron chi connectivity index (χ4n) is 3.12. The molecule has 2 aromatic carbocycles. The predicted molar refractivity (Wildman–Crippen MR) is 112 cm³/mol. The monoisotopic (exact) mass is 420 g/mol. The largest absolute Gasteiger partial charge is 0.486 e. The summed E-state index contributed by atoms with van der Waals surface area (Å²) in [7, 11) is 0. The van der Waals surface area contributed by atoms with Crippen LogP contribution in [-0.2, 0) is 6.61 Å². The number of anilines is 1. The summed E-state index contributed by atoms with van der Waals surface area (Å²) in [6.07, 6.45) is 3.72. The Hall–Kier alpha value is -4.27. The lowest BCUT2D eigenvalue weighted by Crippen LogP contribution is -2.15. The van der Waals surface area contributed by atoms with E-state index in [9.17, 15) is 19.3 Å². The number of halogens is 1. The van der Waals surface area contributed by atoms with Gasteiger partial charge in [-0.2, -0.15) is 0 Å². The maximum atomic E-state index is 14.0. The summed E-state index contributed by atoms with van der Waals surface area (Å²) in [4.78, 5) is 27.5. The van der Waals surface area contributed by atoms with Gasteiger partial charge in [-0.1, -0.05) is 18.2 Å². The second-order valence-corrected chi connectivity index (χ2v) is 6.81. The molecule has 9 heteroatoms. The van der Waals surface area contributed by atoms with Gasteiger partial charge < -0.3 is 14.5 Å². The van der Waals surface area contributed by atoms with Crippen molar-refractivity contribution in [3.63, 3.8) is 0 Å². The van der Waals surface area contributed by atoms with Crippen LogP contribution >= 0.6 is 0 Å². The number of benzene rings is 2. The smallest absolute Gasteiger partial charge is 0.271 e. The van der Waals surface area contributed by atoms with Gasteiger partial charge in [-0.3, -0.25) is 14.9 Å². The van der Waals surface area contributed by atoms with Crippen LogP contribution in [0.25, 0.3) is 5.65 Å². The summed E-state index contributed by atoms with van der Waals surface area (Å²) in [6, 6.07) is 13.3. The molecule has 0 aliphatic carbocycles. The molecule has 1 amide bonds. The van der Waals surface area contributed by atoms with Crippen molar-refractivity contribution in [3.05, 3.63) is 99.7 Å². The Morgan fingerprint density at radius 1 is 1.23 bits per heavy atom. The molecule has 1 N–H and O–H groups in total. The first-order valence-corrected chi connectivity index (χ1v) is 9.32. The van der Waals surface area contributed by atoms with Gasteiger partial charge in [-0.05, 0) is 36.8 Å². The van der Waals surface area contributed by atoms with Crippen molar-refractivity contribution in [3.8, 4) is 5.75 Å². The summed E-state index contributed by atoms with van der Waals surface area (Å²) in [5.74, 6) is -1.15. The maximum Gasteiger partial charge on any atom is 0.271 e. The van der Waals surface area contributed by atoms with E-state index < -0.39 is 16.6 Å². The van der Waals surface area contributed by atoms with Crippen LogP contribution in [0.3, 0.4) is 0 Å². The van der Waals surface area contributed by atoms with E-state index >= 15 is 0 Å². The number of carbonyl (C=O) groups is 1. The number of ether oxygens (including phenoxy) is 1. The van der Waals surface area contributed by atoms with E-state index in [1.165, 1.54) is 6.07 Å². The van der Waals surface area contributed by atoms with Gasteiger partial charge in [0.1, 0.15) is 23.8 Å². The molecule has 156 valence electrons. The summed E-state index contributed by atoms with van der Waals surface area (Å²) >= 11 is 0. The zero-order chi connectivity index (χ0) is 22.0. The number of nitrogens with zero attached hydrogens (tertiary/aromatic N) is 3. The number of aryl methyl sites for hydroxylation is 1. The van der Waals surface area contributed by atoms with Crippen molar-refractivity contribution in [2.45, 2.75) is 13.5 Å². The molecule has 0 aliphatic rings. The molecule has 2 aromatic heterocycles. The molecule has 4 rings (SSSR count). The van der Waals surface area contributed by atoms with E-state index in [1.807, 2.05) is 35.9 Å². The zero-order valence-electron chi connectivity index (χ0n) is 16.4. The molecule has 0 spiro atoms. The topological polar surface area (TPSA) is 98.8 Å². The standard InChI is InChI=1S/C22H17FN4O4/c1-14-5-4-10-26-12-15(24-21(14)26)13-31-20-7-3-2-6-17(20)22(28)25-19-11-16(27(29)30)8-9-18(19)23/h2-12H,13H2,1H3,(H,25,28). The van der Waals surface area contributed by atoms with Gasteiger partial charge in [0.05, 0.1) is 21.9 Å². The van der Waals surface area contributed by atoms with Crippen LogP contribution in [0.2, 0.25) is 0 Å². The number of hydrogen-bond donors (Lipinski definition) is 1. The predicted octanol–water partition coefficient (Wildman–Crippen LogP) is 4.52. The van der Waals surface area contributed by atoms with E-state index in [4.69, 9.17) is 4.74 Å². The quantitative estimate of drug-likeness (QED) is 0.365. The molecule has 8 nitrogen and oxygen atoms in total. The van der Waals surface area contributed by atoms with Crippen LogP contribution in [0.15, 0.2) is 67.0 Å². The molecule has 0 fully saturated rings. The Morgan fingerprint density at radius 2 is 2.03 bits per heavy atom. The first-order chi connectivity index (χ1) is 14.9. The van der Waals surface area contributed by atoms with Crippen molar-refractivity contribution in [2.75, 3.05) is 5.32 Å². The van der Waals surface area contributed by atoms with Crippen LogP contribution < -0.4 is 10.1 Å². The van der Waals surface area contributed by atoms with Crippen LogP contribution in [0.1, 0.15) is 21.6 Å².